The first-order valence-corrected chi connectivity index (χ1v) is 14.0. The third-order valence-corrected chi connectivity index (χ3v) is 8.31. The van der Waals surface area contributed by atoms with E-state index in [1.807, 2.05) is 6.08 Å². The summed E-state index contributed by atoms with van der Waals surface area (Å²) in [5.41, 5.74) is 2.22. The number of halogens is 5. The van der Waals surface area contributed by atoms with Crippen LogP contribution in [0.2, 0.25) is 0 Å². The summed E-state index contributed by atoms with van der Waals surface area (Å²) in [4.78, 5) is 0. The van der Waals surface area contributed by atoms with Crippen molar-refractivity contribution in [2.45, 2.75) is 70.8 Å². The van der Waals surface area contributed by atoms with E-state index in [0.29, 0.717) is 32.1 Å². The summed E-state index contributed by atoms with van der Waals surface area (Å²) >= 11 is 0. The molecular weight excluding hydrogens is 519 g/mol. The summed E-state index contributed by atoms with van der Waals surface area (Å²) < 4.78 is 78.6. The normalized spacial score (nSPS) is 18.4. The molecule has 0 N–H and O–H groups in total. The largest absolute Gasteiger partial charge is 0.429 e. The van der Waals surface area contributed by atoms with Gasteiger partial charge in [0.15, 0.2) is 11.6 Å². The van der Waals surface area contributed by atoms with Crippen molar-refractivity contribution in [1.82, 2.24) is 0 Å². The maximum absolute atomic E-state index is 15.2. The van der Waals surface area contributed by atoms with Crippen LogP contribution in [-0.4, -0.2) is 6.67 Å². The first-order valence-electron chi connectivity index (χ1n) is 14.0. The Morgan fingerprint density at radius 1 is 0.900 bits per heavy atom. The molecule has 3 aromatic rings. The minimum atomic E-state index is -4.06. The number of allylic oxidation sites excluding steroid dienone is 1. The van der Waals surface area contributed by atoms with Gasteiger partial charge in [0.1, 0.15) is 11.3 Å². The molecule has 1 aliphatic rings. The van der Waals surface area contributed by atoms with Crippen LogP contribution in [0.15, 0.2) is 67.3 Å². The summed E-state index contributed by atoms with van der Waals surface area (Å²) in [5.74, 6) is -3.29. The summed E-state index contributed by atoms with van der Waals surface area (Å²) in [6, 6.07) is 15.8. The van der Waals surface area contributed by atoms with Gasteiger partial charge in [0.05, 0.1) is 6.67 Å². The van der Waals surface area contributed by atoms with Crippen molar-refractivity contribution in [2.75, 3.05) is 6.67 Å². The molecule has 0 spiro atoms. The highest BCUT2D eigenvalue weighted by Gasteiger charge is 2.42. The fraction of sp³-hybridized carbons (Fsp3) is 0.412. The monoisotopic (exact) mass is 556 g/mol. The lowest BCUT2D eigenvalue weighted by Crippen LogP contribution is -2.27. The van der Waals surface area contributed by atoms with Crippen molar-refractivity contribution in [3.63, 3.8) is 0 Å². The molecule has 0 aliphatic heterocycles. The van der Waals surface area contributed by atoms with Gasteiger partial charge in [-0.2, -0.15) is 8.78 Å². The van der Waals surface area contributed by atoms with E-state index in [9.17, 15) is 4.39 Å². The molecule has 1 unspecified atom stereocenters. The first-order chi connectivity index (χ1) is 19.1. The molecule has 0 bridgehead atoms. The highest BCUT2D eigenvalue weighted by atomic mass is 19.3. The summed E-state index contributed by atoms with van der Waals surface area (Å²) in [6.45, 7) is 6.50. The Labute approximate surface area is 234 Å². The number of hydrogen-bond donors (Lipinski definition) is 0. The van der Waals surface area contributed by atoms with Gasteiger partial charge in [-0.15, -0.1) is 6.58 Å². The molecule has 1 nitrogen and oxygen atoms in total. The van der Waals surface area contributed by atoms with Crippen LogP contribution in [0.3, 0.4) is 0 Å². The molecule has 0 heterocycles. The zero-order chi connectivity index (χ0) is 28.9. The van der Waals surface area contributed by atoms with Crippen LogP contribution < -0.4 is 4.74 Å². The number of aryl methyl sites for hydroxylation is 3. The molecule has 1 aliphatic carbocycles. The Balaban J connectivity index is 1.43. The van der Waals surface area contributed by atoms with E-state index in [2.05, 4.69) is 30.8 Å². The molecule has 6 heteroatoms. The molecule has 4 rings (SSSR count). The Hall–Kier alpha value is -3.15. The van der Waals surface area contributed by atoms with Crippen molar-refractivity contribution in [3.8, 4) is 5.75 Å². The van der Waals surface area contributed by atoms with Gasteiger partial charge in [-0.25, -0.2) is 8.78 Å². The Kier molecular flexibility index (Phi) is 9.70. The molecule has 0 aromatic heterocycles. The molecule has 40 heavy (non-hydrogen) atoms. The van der Waals surface area contributed by atoms with Gasteiger partial charge in [-0.1, -0.05) is 55.5 Å². The van der Waals surface area contributed by atoms with E-state index >= 15 is 17.6 Å². The summed E-state index contributed by atoms with van der Waals surface area (Å²) in [7, 11) is 0. The average molecular weight is 557 g/mol. The van der Waals surface area contributed by atoms with E-state index < -0.39 is 23.3 Å². The van der Waals surface area contributed by atoms with Gasteiger partial charge in [0.25, 0.3) is 0 Å². The number of alkyl halides is 3. The summed E-state index contributed by atoms with van der Waals surface area (Å²) in [6.07, 6.45) is 2.90. The number of ether oxygens (including phenoxy) is 1. The Morgan fingerprint density at radius 2 is 1.45 bits per heavy atom. The van der Waals surface area contributed by atoms with Crippen LogP contribution in [-0.2, 0) is 25.4 Å². The van der Waals surface area contributed by atoms with Crippen LogP contribution >= 0.6 is 0 Å². The quantitative estimate of drug-likeness (QED) is 0.169. The number of benzene rings is 3. The third-order valence-electron chi connectivity index (χ3n) is 8.31. The van der Waals surface area contributed by atoms with E-state index in [4.69, 9.17) is 4.74 Å². The van der Waals surface area contributed by atoms with Crippen LogP contribution in [0, 0.1) is 30.4 Å². The standard InChI is InChI=1S/C34H37F5O/c1-4-5-24-6-8-25(9-7-24)10-11-26-14-18-29(19-15-26)40-34(38,39)31-22(2)20-30(32(36)33(31)37)23(3)28-16-12-27(21-35)13-17-28/h4,6-9,14-15,18-20,23,27-28H,1,5,10-13,16-17,21H2,2-3H3. The zero-order valence-corrected chi connectivity index (χ0v) is 23.2. The highest BCUT2D eigenvalue weighted by Crippen LogP contribution is 2.42. The lowest BCUT2D eigenvalue weighted by atomic mass is 9.74. The lowest BCUT2D eigenvalue weighted by molar-refractivity contribution is -0.188. The molecule has 3 aromatic carbocycles. The van der Waals surface area contributed by atoms with E-state index in [1.165, 1.54) is 30.7 Å². The van der Waals surface area contributed by atoms with E-state index in [1.54, 1.807) is 19.1 Å². The second kappa shape index (κ2) is 13.0. The fourth-order valence-electron chi connectivity index (χ4n) is 5.78. The van der Waals surface area contributed by atoms with Crippen LogP contribution in [0.1, 0.15) is 71.9 Å². The number of rotatable bonds is 11. The third kappa shape index (κ3) is 6.94. The lowest BCUT2D eigenvalue weighted by Gasteiger charge is -2.32. The molecule has 1 saturated carbocycles. The summed E-state index contributed by atoms with van der Waals surface area (Å²) in [5, 5.41) is 0. The topological polar surface area (TPSA) is 9.23 Å². The molecule has 0 saturated heterocycles. The van der Waals surface area contributed by atoms with Crippen molar-refractivity contribution in [1.29, 1.82) is 0 Å². The van der Waals surface area contributed by atoms with Gasteiger partial charge in [-0.05, 0) is 110 Å². The molecule has 1 fully saturated rings. The minimum absolute atomic E-state index is 0.0128. The average Bonchev–Trinajstić information content (AvgIpc) is 2.95. The van der Waals surface area contributed by atoms with Gasteiger partial charge >= 0.3 is 6.11 Å². The predicted molar refractivity (Wildman–Crippen MR) is 150 cm³/mol. The second-order valence-corrected chi connectivity index (χ2v) is 11.1. The Bertz CT molecular complexity index is 1280. The van der Waals surface area contributed by atoms with Crippen LogP contribution in [0.4, 0.5) is 22.0 Å². The molecule has 214 valence electrons. The van der Waals surface area contributed by atoms with Gasteiger partial charge in [-0.3, -0.25) is 4.39 Å². The minimum Gasteiger partial charge on any atom is -0.429 e. The van der Waals surface area contributed by atoms with Crippen molar-refractivity contribution >= 4 is 0 Å². The van der Waals surface area contributed by atoms with Gasteiger partial charge in [0.2, 0.25) is 0 Å². The molecule has 1 atom stereocenters. The maximum Gasteiger partial charge on any atom is 0.429 e. The van der Waals surface area contributed by atoms with Crippen LogP contribution in [0.5, 0.6) is 5.75 Å². The molecular formula is C34H37F5O. The maximum atomic E-state index is 15.2. The van der Waals surface area contributed by atoms with Crippen molar-refractivity contribution in [2.24, 2.45) is 11.8 Å². The zero-order valence-electron chi connectivity index (χ0n) is 23.2. The Morgan fingerprint density at radius 3 is 2.00 bits per heavy atom. The number of hydrogen-bond acceptors (Lipinski definition) is 1. The SMILES string of the molecule is C=CCc1ccc(CCc2ccc(OC(F)(F)c3c(C)cc(C(C)C4CCC(CF)CC4)c(F)c3F)cc2)cc1. The predicted octanol–water partition coefficient (Wildman–Crippen LogP) is 9.79. The van der Waals surface area contributed by atoms with E-state index in [-0.39, 0.29) is 41.3 Å². The van der Waals surface area contributed by atoms with Crippen molar-refractivity contribution < 1.29 is 26.7 Å². The van der Waals surface area contributed by atoms with Crippen molar-refractivity contribution in [3.05, 3.63) is 112 Å². The molecule has 0 amide bonds. The van der Waals surface area contributed by atoms with Crippen LogP contribution in [0.25, 0.3) is 0 Å². The highest BCUT2D eigenvalue weighted by molar-refractivity contribution is 5.39. The first kappa shape index (κ1) is 29.8. The second-order valence-electron chi connectivity index (χ2n) is 11.1. The smallest absolute Gasteiger partial charge is 0.429 e. The van der Waals surface area contributed by atoms with Gasteiger partial charge in [0, 0.05) is 0 Å². The van der Waals surface area contributed by atoms with Gasteiger partial charge < -0.3 is 4.74 Å². The van der Waals surface area contributed by atoms with E-state index in [0.717, 1.165) is 24.0 Å². The molecule has 0 radical (unpaired) electrons. The fourth-order valence-corrected chi connectivity index (χ4v) is 5.78.